The monoisotopic (exact) mass is 1080 g/mol. The molecule has 3 aromatic heterocycles. The van der Waals surface area contributed by atoms with E-state index in [0.717, 1.165) is 62.6 Å². The van der Waals surface area contributed by atoms with E-state index in [9.17, 15) is 29.4 Å². The van der Waals surface area contributed by atoms with E-state index in [1.807, 2.05) is 34.9 Å². The van der Waals surface area contributed by atoms with Crippen LogP contribution in [0.25, 0.3) is 55.1 Å². The molecule has 0 radical (unpaired) electrons. The summed E-state index contributed by atoms with van der Waals surface area (Å²) in [4.78, 5) is 71.6. The minimum Gasteiger partial charge on any atom is -0.508 e. The van der Waals surface area contributed by atoms with Crippen LogP contribution >= 0.6 is 0 Å². The molecule has 3 N–H and O–H groups in total. The lowest BCUT2D eigenvalue weighted by atomic mass is 9.89. The van der Waals surface area contributed by atoms with Gasteiger partial charge in [0.05, 0.1) is 27.6 Å². The van der Waals surface area contributed by atoms with Gasteiger partial charge in [0.2, 0.25) is 11.8 Å². The second kappa shape index (κ2) is 20.6. The maximum atomic E-state index is 17.3. The normalized spacial score (nSPS) is 23.0. The first kappa shape index (κ1) is 52.2. The number of halogens is 2. The number of benzene rings is 4. The van der Waals surface area contributed by atoms with Crippen LogP contribution < -0.4 is 20.6 Å². The van der Waals surface area contributed by atoms with Crippen molar-refractivity contribution in [2.75, 3.05) is 50.8 Å². The lowest BCUT2D eigenvalue weighted by Crippen LogP contribution is -2.48. The molecule has 0 saturated carbocycles. The fourth-order valence-corrected chi connectivity index (χ4v) is 13.5. The summed E-state index contributed by atoms with van der Waals surface area (Å²) in [7, 11) is 1.69. The van der Waals surface area contributed by atoms with E-state index in [-0.39, 0.29) is 90.4 Å². The molecule has 79 heavy (non-hydrogen) atoms. The summed E-state index contributed by atoms with van der Waals surface area (Å²) >= 11 is 0. The van der Waals surface area contributed by atoms with Gasteiger partial charge in [-0.05, 0) is 153 Å². The smallest absolute Gasteiger partial charge is 0.409 e. The summed E-state index contributed by atoms with van der Waals surface area (Å²) < 4.78 is 48.1. The number of β-amino-alcohol motifs (C(OH)–C–C–N with tert-alkyl or cyclic N) is 1. The van der Waals surface area contributed by atoms with Crippen LogP contribution in [0.2, 0.25) is 0 Å². The number of rotatable bonds is 12. The molecule has 0 spiro atoms. The van der Waals surface area contributed by atoms with Crippen molar-refractivity contribution >= 4 is 56.4 Å². The maximum Gasteiger partial charge on any atom is 0.409 e. The number of aromatic nitrogens is 5. The topological polar surface area (TPSA) is 197 Å². The van der Waals surface area contributed by atoms with E-state index in [1.165, 1.54) is 34.5 Å². The highest BCUT2D eigenvalue weighted by Crippen LogP contribution is 2.44. The van der Waals surface area contributed by atoms with Crippen molar-refractivity contribution in [3.63, 3.8) is 0 Å². The predicted molar refractivity (Wildman–Crippen MR) is 294 cm³/mol. The van der Waals surface area contributed by atoms with Crippen LogP contribution in [0.15, 0.2) is 77.7 Å². The molecule has 3 amide bonds. The van der Waals surface area contributed by atoms with Crippen LogP contribution in [0.4, 0.5) is 19.4 Å². The fourth-order valence-electron chi connectivity index (χ4n) is 13.5. The molecule has 412 valence electrons. The Labute approximate surface area is 455 Å². The van der Waals surface area contributed by atoms with Gasteiger partial charge in [-0.15, -0.1) is 0 Å². The van der Waals surface area contributed by atoms with Gasteiger partial charge in [0.15, 0.2) is 5.82 Å². The van der Waals surface area contributed by atoms with Gasteiger partial charge in [-0.25, -0.2) is 18.4 Å². The number of fused-ring (bicyclic) bond motifs is 4. The first-order chi connectivity index (χ1) is 38.1. The molecule has 1 unspecified atom stereocenters. The number of imidazole rings is 1. The first-order valence-electron chi connectivity index (χ1n) is 27.8. The number of aromatic hydroxyl groups is 1. The zero-order valence-electron chi connectivity index (χ0n) is 44.8. The zero-order chi connectivity index (χ0) is 54.9. The number of phenols is 1. The van der Waals surface area contributed by atoms with Crippen LogP contribution in [0, 0.1) is 17.6 Å². The second-order valence-corrected chi connectivity index (χ2v) is 22.8. The minimum absolute atomic E-state index is 0.00649. The van der Waals surface area contributed by atoms with Crippen LogP contribution in [-0.4, -0.2) is 125 Å². The number of anilines is 1. The van der Waals surface area contributed by atoms with E-state index < -0.39 is 29.2 Å². The summed E-state index contributed by atoms with van der Waals surface area (Å²) in [5.41, 5.74) is 3.30. The number of likely N-dealkylation sites (tertiary alicyclic amines) is 1. The van der Waals surface area contributed by atoms with Gasteiger partial charge in [-0.3, -0.25) is 33.9 Å². The lowest BCUT2D eigenvalue weighted by molar-refractivity contribution is -0.135. The lowest BCUT2D eigenvalue weighted by Gasteiger charge is -2.38. The number of ether oxygens (including phenoxy) is 2. The van der Waals surface area contributed by atoms with Gasteiger partial charge in [0, 0.05) is 57.4 Å². The summed E-state index contributed by atoms with van der Waals surface area (Å²) in [5.74, 6) is -1.31. The minimum atomic E-state index is -1.01. The van der Waals surface area contributed by atoms with Crippen LogP contribution in [0.1, 0.15) is 95.2 Å². The molecule has 5 fully saturated rings. The first-order valence-corrected chi connectivity index (χ1v) is 27.8. The van der Waals surface area contributed by atoms with Crippen molar-refractivity contribution in [2.24, 2.45) is 13.0 Å². The highest BCUT2D eigenvalue weighted by atomic mass is 19.1. The Bertz CT molecular complexity index is 3630. The molecular weight excluding hydrogens is 1010 g/mol. The molecule has 4 atom stereocenters. The van der Waals surface area contributed by atoms with Crippen molar-refractivity contribution in [3.8, 4) is 34.1 Å². The Morgan fingerprint density at radius 3 is 2.44 bits per heavy atom. The fraction of sp³-hybridized carbons (Fsp3) is 0.450. The number of nitrogens with zero attached hydrogens (tertiary/aromatic N) is 8. The Kier molecular flexibility index (Phi) is 13.6. The Balaban J connectivity index is 0.685. The molecule has 7 aromatic rings. The molecular formula is C60H65F2N9O8. The summed E-state index contributed by atoms with van der Waals surface area (Å²) in [5, 5.41) is 25.6. The summed E-state index contributed by atoms with van der Waals surface area (Å²) in [6.07, 6.45) is 9.25. The van der Waals surface area contributed by atoms with Crippen LogP contribution in [-0.2, 0) is 34.2 Å². The standard InChI is InChI=1S/C60H65F2N9O8/c1-4-42-45(61)13-11-39-28-41(72)30-43(50(39)42)52-51(62)53-44(31-63-52)54(69-23-5-20-59(2,77)33-69)66-56(65-53)79-34-60-21-6-24-70(60)40(17-22-60)32-78-58(76)68-25-18-36(19-26-68)27-35-7-9-37(10-8-35)38-12-14-46-48(29-38)67(3)57(75)71(46)47-15-16-49(73)64-55(47)74/h7-14,28-31,36,40,47,72,77H,4-6,15-27,32-34H2,1-3H3,(H,64,73,74)/t40-,47?,59+,60-/m0/s1. The third-order valence-electron chi connectivity index (χ3n) is 17.6. The van der Waals surface area contributed by atoms with Gasteiger partial charge >= 0.3 is 17.8 Å². The van der Waals surface area contributed by atoms with E-state index >= 15 is 8.78 Å². The van der Waals surface area contributed by atoms with Crippen molar-refractivity contribution in [3.05, 3.63) is 106 Å². The van der Waals surface area contributed by atoms with Crippen molar-refractivity contribution in [2.45, 2.75) is 114 Å². The Morgan fingerprint density at radius 2 is 1.67 bits per heavy atom. The Hall–Kier alpha value is -7.51. The zero-order valence-corrected chi connectivity index (χ0v) is 44.8. The number of phenolic OH excluding ortho intramolecular Hbond substituents is 1. The number of carbonyl (C=O) groups is 3. The number of aliphatic hydroxyl groups is 1. The molecule has 17 nitrogen and oxygen atoms in total. The molecule has 5 aliphatic heterocycles. The van der Waals surface area contributed by atoms with Crippen molar-refractivity contribution < 1.29 is 42.9 Å². The molecule has 19 heteroatoms. The van der Waals surface area contributed by atoms with E-state index in [0.29, 0.717) is 83.4 Å². The van der Waals surface area contributed by atoms with Gasteiger partial charge in [0.1, 0.15) is 47.9 Å². The maximum absolute atomic E-state index is 17.3. The predicted octanol–water partition coefficient (Wildman–Crippen LogP) is 8.51. The number of nitrogens with one attached hydrogen (secondary N) is 1. The molecule has 4 aromatic carbocycles. The average molecular weight is 1080 g/mol. The quantitative estimate of drug-likeness (QED) is 0.0986. The summed E-state index contributed by atoms with van der Waals surface area (Å²) in [6.45, 7) is 6.91. The number of hydrogen-bond acceptors (Lipinski definition) is 13. The largest absolute Gasteiger partial charge is 0.508 e. The number of carbonyl (C=O) groups excluding carboxylic acids is 3. The third kappa shape index (κ3) is 9.71. The average Bonchev–Trinajstić information content (AvgIpc) is 4.32. The number of hydrogen-bond donors (Lipinski definition) is 3. The number of imide groups is 1. The van der Waals surface area contributed by atoms with Crippen LogP contribution in [0.3, 0.4) is 0 Å². The number of aryl methyl sites for hydroxylation is 2. The molecule has 0 bridgehead atoms. The van der Waals surface area contributed by atoms with Crippen molar-refractivity contribution in [1.82, 2.24) is 39.2 Å². The van der Waals surface area contributed by atoms with E-state index in [1.54, 1.807) is 24.6 Å². The van der Waals surface area contributed by atoms with Gasteiger partial charge in [0.25, 0.3) is 0 Å². The molecule has 12 rings (SSSR count). The second-order valence-electron chi connectivity index (χ2n) is 22.8. The highest BCUT2D eigenvalue weighted by Gasteiger charge is 2.50. The van der Waals surface area contributed by atoms with Crippen LogP contribution in [0.5, 0.6) is 11.8 Å². The van der Waals surface area contributed by atoms with Gasteiger partial charge in [-0.2, -0.15) is 9.97 Å². The molecule has 8 heterocycles. The number of pyridine rings is 1. The highest BCUT2D eigenvalue weighted by molar-refractivity contribution is 6.02. The van der Waals surface area contributed by atoms with Gasteiger partial charge < -0.3 is 29.5 Å². The van der Waals surface area contributed by atoms with E-state index in [4.69, 9.17) is 19.4 Å². The third-order valence-corrected chi connectivity index (χ3v) is 17.6. The molecule has 5 saturated heterocycles. The molecule has 5 aliphatic rings. The SMILES string of the molecule is CCc1c(F)ccc2cc(O)cc(-c3ncc4c(N5CCC[C@@](C)(O)C5)nc(OC[C@@]56CCCN5[C@H](COC(=O)N5CCC(Cc7ccc(-c8ccc9c(c8)n(C)c(=O)n9C8CCC(=O)NC8=O)cc7)CC5)CC6)nc4c3F)c12. The Morgan fingerprint density at radius 1 is 0.886 bits per heavy atom. The summed E-state index contributed by atoms with van der Waals surface area (Å²) in [6, 6.07) is 19.3. The molecule has 0 aliphatic carbocycles. The number of amides is 3. The van der Waals surface area contributed by atoms with E-state index in [2.05, 4.69) is 39.5 Å². The van der Waals surface area contributed by atoms with Gasteiger partial charge in [-0.1, -0.05) is 43.3 Å². The number of piperidine rings is 3. The van der Waals surface area contributed by atoms with Crippen molar-refractivity contribution in [1.29, 1.82) is 0 Å².